The highest BCUT2D eigenvalue weighted by Crippen LogP contribution is 2.06. The van der Waals surface area contributed by atoms with Crippen LogP contribution in [0.2, 0.25) is 0 Å². The van der Waals surface area contributed by atoms with E-state index in [1.165, 1.54) is 0 Å². The molecule has 4 nitrogen and oxygen atoms in total. The monoisotopic (exact) mass is 180 g/mol. The SMILES string of the molecule is Cc1cnc(=S)n2c(C)n[nH]c12. The number of hydrogen-bond donors (Lipinski definition) is 1. The van der Waals surface area contributed by atoms with Crippen molar-refractivity contribution in [3.63, 3.8) is 0 Å². The summed E-state index contributed by atoms with van der Waals surface area (Å²) in [6.45, 7) is 3.86. The third-order valence-electron chi connectivity index (χ3n) is 1.80. The second kappa shape index (κ2) is 2.38. The normalized spacial score (nSPS) is 10.8. The van der Waals surface area contributed by atoms with Crippen molar-refractivity contribution in [2.75, 3.05) is 0 Å². The molecule has 0 fully saturated rings. The first-order valence-electron chi connectivity index (χ1n) is 3.59. The largest absolute Gasteiger partial charge is 0.260 e. The van der Waals surface area contributed by atoms with E-state index in [9.17, 15) is 0 Å². The lowest BCUT2D eigenvalue weighted by atomic mass is 10.4. The average molecular weight is 180 g/mol. The summed E-state index contributed by atoms with van der Waals surface area (Å²) in [4.78, 5) is 4.06. The minimum absolute atomic E-state index is 0.543. The van der Waals surface area contributed by atoms with Gasteiger partial charge in [-0.15, -0.1) is 0 Å². The predicted octanol–water partition coefficient (Wildman–Crippen LogP) is 1.40. The minimum atomic E-state index is 0.543. The van der Waals surface area contributed by atoms with Crippen LogP contribution in [-0.4, -0.2) is 19.6 Å². The first kappa shape index (κ1) is 7.42. The summed E-state index contributed by atoms with van der Waals surface area (Å²) in [5, 5.41) is 6.95. The molecule has 2 aromatic heterocycles. The zero-order chi connectivity index (χ0) is 8.72. The number of aryl methyl sites for hydroxylation is 2. The molecule has 0 saturated carbocycles. The Morgan fingerprint density at radius 2 is 2.25 bits per heavy atom. The Labute approximate surface area is 74.3 Å². The maximum absolute atomic E-state index is 5.05. The van der Waals surface area contributed by atoms with E-state index < -0.39 is 0 Å². The minimum Gasteiger partial charge on any atom is -0.260 e. The van der Waals surface area contributed by atoms with Gasteiger partial charge in [0.1, 0.15) is 11.5 Å². The van der Waals surface area contributed by atoms with Crippen LogP contribution >= 0.6 is 12.2 Å². The average Bonchev–Trinajstić information content (AvgIpc) is 2.42. The van der Waals surface area contributed by atoms with Gasteiger partial charge in [0.25, 0.3) is 0 Å². The van der Waals surface area contributed by atoms with Gasteiger partial charge in [-0.3, -0.25) is 9.50 Å². The Morgan fingerprint density at radius 3 is 2.92 bits per heavy atom. The molecule has 0 radical (unpaired) electrons. The van der Waals surface area contributed by atoms with Gasteiger partial charge in [-0.05, 0) is 26.1 Å². The lowest BCUT2D eigenvalue weighted by molar-refractivity contribution is 0.963. The van der Waals surface area contributed by atoms with Crippen molar-refractivity contribution in [2.24, 2.45) is 0 Å². The lowest BCUT2D eigenvalue weighted by Crippen LogP contribution is -1.94. The first-order valence-corrected chi connectivity index (χ1v) is 4.00. The number of H-pyrrole nitrogens is 1. The molecule has 0 amide bonds. The van der Waals surface area contributed by atoms with Crippen LogP contribution in [0, 0.1) is 18.6 Å². The zero-order valence-corrected chi connectivity index (χ0v) is 7.64. The molecule has 0 saturated heterocycles. The van der Waals surface area contributed by atoms with Crippen LogP contribution in [0.15, 0.2) is 6.20 Å². The molecule has 0 aliphatic rings. The van der Waals surface area contributed by atoms with Crippen LogP contribution in [0.1, 0.15) is 11.4 Å². The Bertz CT molecular complexity index is 482. The number of fused-ring (bicyclic) bond motifs is 1. The van der Waals surface area contributed by atoms with Gasteiger partial charge in [0.15, 0.2) is 0 Å². The maximum atomic E-state index is 5.05. The van der Waals surface area contributed by atoms with Gasteiger partial charge < -0.3 is 0 Å². The maximum Gasteiger partial charge on any atom is 0.206 e. The summed E-state index contributed by atoms with van der Waals surface area (Å²) in [6.07, 6.45) is 1.75. The van der Waals surface area contributed by atoms with E-state index in [4.69, 9.17) is 12.2 Å². The standard InChI is InChI=1S/C7H8N4S/c1-4-3-8-7(12)11-5(2)9-10-6(4)11/h3,10H,1-2H3. The molecule has 0 aliphatic carbocycles. The number of hydrogen-bond acceptors (Lipinski definition) is 3. The summed E-state index contributed by atoms with van der Waals surface area (Å²) in [7, 11) is 0. The van der Waals surface area contributed by atoms with Gasteiger partial charge in [0.05, 0.1) is 0 Å². The Morgan fingerprint density at radius 1 is 1.50 bits per heavy atom. The van der Waals surface area contributed by atoms with Gasteiger partial charge in [-0.25, -0.2) is 4.98 Å². The topological polar surface area (TPSA) is 46.0 Å². The van der Waals surface area contributed by atoms with Crippen molar-refractivity contribution in [1.29, 1.82) is 0 Å². The van der Waals surface area contributed by atoms with Gasteiger partial charge >= 0.3 is 0 Å². The molecule has 0 aliphatic heterocycles. The van der Waals surface area contributed by atoms with Crippen molar-refractivity contribution in [1.82, 2.24) is 19.6 Å². The highest BCUT2D eigenvalue weighted by atomic mass is 32.1. The number of aromatic amines is 1. The molecule has 12 heavy (non-hydrogen) atoms. The lowest BCUT2D eigenvalue weighted by Gasteiger charge is -1.96. The second-order valence-corrected chi connectivity index (χ2v) is 3.04. The van der Waals surface area contributed by atoms with E-state index in [-0.39, 0.29) is 0 Å². The van der Waals surface area contributed by atoms with Crippen LogP contribution in [-0.2, 0) is 0 Å². The van der Waals surface area contributed by atoms with Crippen LogP contribution in [0.5, 0.6) is 0 Å². The summed E-state index contributed by atoms with van der Waals surface area (Å²) in [6, 6.07) is 0. The number of nitrogens with one attached hydrogen (secondary N) is 1. The van der Waals surface area contributed by atoms with Gasteiger partial charge in [0.2, 0.25) is 4.77 Å². The third kappa shape index (κ3) is 0.863. The highest BCUT2D eigenvalue weighted by Gasteiger charge is 2.02. The zero-order valence-electron chi connectivity index (χ0n) is 6.83. The van der Waals surface area contributed by atoms with Gasteiger partial charge in [0, 0.05) is 11.8 Å². The molecule has 2 aromatic rings. The molecule has 5 heteroatoms. The quantitative estimate of drug-likeness (QED) is 0.623. The summed E-state index contributed by atoms with van der Waals surface area (Å²) in [5.41, 5.74) is 1.97. The predicted molar refractivity (Wildman–Crippen MR) is 47.6 cm³/mol. The Balaban J connectivity index is 3.09. The number of rotatable bonds is 0. The highest BCUT2D eigenvalue weighted by molar-refractivity contribution is 7.71. The fourth-order valence-electron chi connectivity index (χ4n) is 1.17. The van der Waals surface area contributed by atoms with Crippen molar-refractivity contribution in [3.05, 3.63) is 22.4 Å². The Kier molecular flexibility index (Phi) is 1.47. The fraction of sp³-hybridized carbons (Fsp3) is 0.286. The molecule has 0 bridgehead atoms. The van der Waals surface area contributed by atoms with E-state index in [0.29, 0.717) is 4.77 Å². The van der Waals surface area contributed by atoms with Crippen molar-refractivity contribution in [2.45, 2.75) is 13.8 Å². The fourth-order valence-corrected chi connectivity index (χ4v) is 1.44. The molecule has 0 atom stereocenters. The third-order valence-corrected chi connectivity index (χ3v) is 2.09. The van der Waals surface area contributed by atoms with Crippen LogP contribution in [0.3, 0.4) is 0 Å². The smallest absolute Gasteiger partial charge is 0.206 e. The summed E-state index contributed by atoms with van der Waals surface area (Å²) < 4.78 is 2.37. The second-order valence-electron chi connectivity index (χ2n) is 2.68. The number of nitrogens with zero attached hydrogens (tertiary/aromatic N) is 3. The van der Waals surface area contributed by atoms with Crippen molar-refractivity contribution in [3.8, 4) is 0 Å². The van der Waals surface area contributed by atoms with E-state index >= 15 is 0 Å². The molecule has 0 unspecified atom stereocenters. The van der Waals surface area contributed by atoms with Gasteiger partial charge in [-0.2, -0.15) is 5.10 Å². The summed E-state index contributed by atoms with van der Waals surface area (Å²) in [5.74, 6) is 0.839. The van der Waals surface area contributed by atoms with Crippen LogP contribution in [0.4, 0.5) is 0 Å². The van der Waals surface area contributed by atoms with Crippen molar-refractivity contribution >= 4 is 17.9 Å². The molecule has 2 rings (SSSR count). The molecule has 0 aromatic carbocycles. The van der Waals surface area contributed by atoms with E-state index in [1.54, 1.807) is 6.20 Å². The molecular weight excluding hydrogens is 172 g/mol. The molecule has 62 valence electrons. The van der Waals surface area contributed by atoms with Crippen LogP contribution in [0.25, 0.3) is 5.65 Å². The van der Waals surface area contributed by atoms with Gasteiger partial charge in [-0.1, -0.05) is 0 Å². The Hall–Kier alpha value is -1.23. The molecule has 0 spiro atoms. The molecular formula is C7H8N4S. The van der Waals surface area contributed by atoms with Crippen LogP contribution < -0.4 is 0 Å². The first-order chi connectivity index (χ1) is 5.70. The van der Waals surface area contributed by atoms with Crippen molar-refractivity contribution < 1.29 is 0 Å². The van der Waals surface area contributed by atoms with E-state index in [1.807, 2.05) is 18.2 Å². The summed E-state index contributed by atoms with van der Waals surface area (Å²) >= 11 is 5.05. The van der Waals surface area contributed by atoms with E-state index in [2.05, 4.69) is 15.2 Å². The number of aromatic nitrogens is 4. The molecule has 2 heterocycles. The molecule has 1 N–H and O–H groups in total. The van der Waals surface area contributed by atoms with E-state index in [0.717, 1.165) is 17.0 Å².